The Morgan fingerprint density at radius 2 is 1.91 bits per heavy atom. The van der Waals surface area contributed by atoms with E-state index in [4.69, 9.17) is 11.6 Å². The van der Waals surface area contributed by atoms with Crippen LogP contribution in [0, 0.1) is 13.8 Å². The summed E-state index contributed by atoms with van der Waals surface area (Å²) in [5.74, 6) is -0.149. The molecule has 0 radical (unpaired) electrons. The van der Waals surface area contributed by atoms with E-state index in [0.29, 0.717) is 5.02 Å². The fourth-order valence-electron chi connectivity index (χ4n) is 2.60. The summed E-state index contributed by atoms with van der Waals surface area (Å²) in [4.78, 5) is 17.3. The number of aryl methyl sites for hydroxylation is 3. The molecule has 5 heteroatoms. The fourth-order valence-corrected chi connectivity index (χ4v) is 3.81. The number of thiazole rings is 1. The van der Waals surface area contributed by atoms with E-state index in [1.165, 1.54) is 15.8 Å². The predicted molar refractivity (Wildman–Crippen MR) is 96.0 cm³/mol. The lowest BCUT2D eigenvalue weighted by atomic mass is 10.1. The third-order valence-electron chi connectivity index (χ3n) is 3.73. The van der Waals surface area contributed by atoms with Crippen molar-refractivity contribution in [3.8, 4) is 0 Å². The molecule has 0 aliphatic carbocycles. The van der Waals surface area contributed by atoms with Crippen LogP contribution in [0.1, 0.15) is 16.7 Å². The van der Waals surface area contributed by atoms with Gasteiger partial charge in [-0.15, -0.1) is 0 Å². The van der Waals surface area contributed by atoms with Crippen LogP contribution >= 0.6 is 22.9 Å². The molecule has 3 aromatic rings. The second-order valence-corrected chi connectivity index (χ2v) is 7.10. The zero-order valence-electron chi connectivity index (χ0n) is 13.3. The SMILES string of the molecule is Cc1cc(C)c2sc(=NC(=O)Cc3ccc(Cl)cc3)n(C)c2c1. The smallest absolute Gasteiger partial charge is 0.252 e. The van der Waals surface area contributed by atoms with Crippen molar-refractivity contribution in [1.29, 1.82) is 0 Å². The van der Waals surface area contributed by atoms with Gasteiger partial charge in [0.15, 0.2) is 4.80 Å². The maximum Gasteiger partial charge on any atom is 0.252 e. The second-order valence-electron chi connectivity index (χ2n) is 5.68. The number of carbonyl (C=O) groups excluding carboxylic acids is 1. The highest BCUT2D eigenvalue weighted by Gasteiger charge is 2.08. The van der Waals surface area contributed by atoms with Crippen LogP contribution in [0.5, 0.6) is 0 Å². The highest BCUT2D eigenvalue weighted by atomic mass is 35.5. The number of amides is 1. The number of benzene rings is 2. The van der Waals surface area contributed by atoms with E-state index in [-0.39, 0.29) is 12.3 Å². The molecule has 1 amide bonds. The molecule has 3 rings (SSSR count). The number of hydrogen-bond acceptors (Lipinski definition) is 2. The quantitative estimate of drug-likeness (QED) is 0.686. The Hall–Kier alpha value is -1.91. The summed E-state index contributed by atoms with van der Waals surface area (Å²) in [6, 6.07) is 11.6. The zero-order chi connectivity index (χ0) is 16.6. The van der Waals surface area contributed by atoms with E-state index in [9.17, 15) is 4.79 Å². The first-order chi connectivity index (χ1) is 10.9. The normalized spacial score (nSPS) is 12.1. The number of nitrogens with zero attached hydrogens (tertiary/aromatic N) is 2. The molecule has 2 aromatic carbocycles. The van der Waals surface area contributed by atoms with Crippen LogP contribution in [-0.2, 0) is 18.3 Å². The fraction of sp³-hybridized carbons (Fsp3) is 0.222. The van der Waals surface area contributed by atoms with Crippen molar-refractivity contribution in [3.05, 3.63) is 62.9 Å². The van der Waals surface area contributed by atoms with Gasteiger partial charge in [0.25, 0.3) is 5.91 Å². The molecule has 0 saturated heterocycles. The minimum atomic E-state index is -0.149. The lowest BCUT2D eigenvalue weighted by molar-refractivity contribution is -0.117. The van der Waals surface area contributed by atoms with Crippen LogP contribution in [0.2, 0.25) is 5.02 Å². The first-order valence-corrected chi connectivity index (χ1v) is 8.52. The second kappa shape index (κ2) is 6.30. The summed E-state index contributed by atoms with van der Waals surface area (Å²) in [7, 11) is 1.95. The van der Waals surface area contributed by atoms with Gasteiger partial charge in [0, 0.05) is 12.1 Å². The van der Waals surface area contributed by atoms with Crippen molar-refractivity contribution in [2.75, 3.05) is 0 Å². The first kappa shape index (κ1) is 16.0. The molecule has 0 aliphatic rings. The summed E-state index contributed by atoms with van der Waals surface area (Å²) in [5.41, 5.74) is 4.46. The monoisotopic (exact) mass is 344 g/mol. The van der Waals surface area contributed by atoms with E-state index < -0.39 is 0 Å². The van der Waals surface area contributed by atoms with Gasteiger partial charge < -0.3 is 4.57 Å². The van der Waals surface area contributed by atoms with Crippen molar-refractivity contribution in [2.24, 2.45) is 12.0 Å². The summed E-state index contributed by atoms with van der Waals surface area (Å²) in [5, 5.41) is 0.667. The van der Waals surface area contributed by atoms with Crippen LogP contribution in [-0.4, -0.2) is 10.5 Å². The molecule has 118 valence electrons. The van der Waals surface area contributed by atoms with Crippen LogP contribution in [0.25, 0.3) is 10.2 Å². The Labute approximate surface area is 143 Å². The number of carbonyl (C=O) groups is 1. The molecule has 1 aromatic heterocycles. The topological polar surface area (TPSA) is 34.4 Å². The Bertz CT molecular complexity index is 952. The van der Waals surface area contributed by atoms with Crippen LogP contribution in [0.15, 0.2) is 41.4 Å². The molecule has 0 unspecified atom stereocenters. The molecular weight excluding hydrogens is 328 g/mol. The predicted octanol–water partition coefficient (Wildman–Crippen LogP) is 4.18. The highest BCUT2D eigenvalue weighted by Crippen LogP contribution is 2.22. The lowest BCUT2D eigenvalue weighted by Crippen LogP contribution is -2.14. The molecular formula is C18H17ClN2OS. The van der Waals surface area contributed by atoms with Gasteiger partial charge in [-0.25, -0.2) is 0 Å². The average molecular weight is 345 g/mol. The van der Waals surface area contributed by atoms with E-state index in [1.54, 1.807) is 23.5 Å². The zero-order valence-corrected chi connectivity index (χ0v) is 14.8. The van der Waals surface area contributed by atoms with Crippen molar-refractivity contribution < 1.29 is 4.79 Å². The maximum atomic E-state index is 12.2. The highest BCUT2D eigenvalue weighted by molar-refractivity contribution is 7.16. The molecule has 23 heavy (non-hydrogen) atoms. The molecule has 1 heterocycles. The van der Waals surface area contributed by atoms with Gasteiger partial charge in [0.2, 0.25) is 0 Å². The summed E-state index contributed by atoms with van der Waals surface area (Å²) < 4.78 is 3.16. The number of fused-ring (bicyclic) bond motifs is 1. The number of hydrogen-bond donors (Lipinski definition) is 0. The van der Waals surface area contributed by atoms with Gasteiger partial charge in [0.1, 0.15) is 0 Å². The van der Waals surface area contributed by atoms with Crippen LogP contribution in [0.4, 0.5) is 0 Å². The number of aromatic nitrogens is 1. The van der Waals surface area contributed by atoms with Crippen LogP contribution < -0.4 is 4.80 Å². The third kappa shape index (κ3) is 3.38. The molecule has 0 aliphatic heterocycles. The van der Waals surface area contributed by atoms with E-state index in [0.717, 1.165) is 15.9 Å². The van der Waals surface area contributed by atoms with Gasteiger partial charge in [-0.1, -0.05) is 41.1 Å². The molecule has 0 bridgehead atoms. The molecule has 0 N–H and O–H groups in total. The van der Waals surface area contributed by atoms with Gasteiger partial charge in [-0.05, 0) is 48.7 Å². The number of rotatable bonds is 2. The Kier molecular flexibility index (Phi) is 4.37. The number of halogens is 1. The Balaban J connectivity index is 1.97. The third-order valence-corrected chi connectivity index (χ3v) is 5.26. The Morgan fingerprint density at radius 3 is 2.61 bits per heavy atom. The van der Waals surface area contributed by atoms with E-state index in [2.05, 4.69) is 31.0 Å². The lowest BCUT2D eigenvalue weighted by Gasteiger charge is -2.00. The molecule has 3 nitrogen and oxygen atoms in total. The molecule has 0 spiro atoms. The molecule has 0 fully saturated rings. The molecule has 0 saturated carbocycles. The van der Waals surface area contributed by atoms with Gasteiger partial charge in [-0.2, -0.15) is 4.99 Å². The van der Waals surface area contributed by atoms with Gasteiger partial charge in [0.05, 0.1) is 16.6 Å². The minimum Gasteiger partial charge on any atom is -0.319 e. The minimum absolute atomic E-state index is 0.149. The van der Waals surface area contributed by atoms with Gasteiger partial charge >= 0.3 is 0 Å². The van der Waals surface area contributed by atoms with Crippen molar-refractivity contribution in [1.82, 2.24) is 4.57 Å². The maximum absolute atomic E-state index is 12.2. The summed E-state index contributed by atoms with van der Waals surface area (Å²) >= 11 is 7.42. The largest absolute Gasteiger partial charge is 0.319 e. The van der Waals surface area contributed by atoms with Crippen molar-refractivity contribution in [2.45, 2.75) is 20.3 Å². The van der Waals surface area contributed by atoms with Crippen molar-refractivity contribution >= 4 is 39.1 Å². The van der Waals surface area contributed by atoms with Crippen LogP contribution in [0.3, 0.4) is 0 Å². The van der Waals surface area contributed by atoms with Crippen molar-refractivity contribution in [3.63, 3.8) is 0 Å². The average Bonchev–Trinajstić information content (AvgIpc) is 2.79. The van der Waals surface area contributed by atoms with Gasteiger partial charge in [-0.3, -0.25) is 4.79 Å². The standard InChI is InChI=1S/C18H17ClN2OS/c1-11-8-12(2)17-15(9-11)21(3)18(23-17)20-16(22)10-13-4-6-14(19)7-5-13/h4-9H,10H2,1-3H3. The van der Waals surface area contributed by atoms with E-state index >= 15 is 0 Å². The Morgan fingerprint density at radius 1 is 1.22 bits per heavy atom. The molecule has 0 atom stereocenters. The van der Waals surface area contributed by atoms with E-state index in [1.807, 2.05) is 23.7 Å². The summed E-state index contributed by atoms with van der Waals surface area (Å²) in [6.07, 6.45) is 0.281. The summed E-state index contributed by atoms with van der Waals surface area (Å²) in [6.45, 7) is 4.16. The first-order valence-electron chi connectivity index (χ1n) is 7.33.